The Morgan fingerprint density at radius 3 is 2.33 bits per heavy atom. The molecule has 192 valence electrons. The summed E-state index contributed by atoms with van der Waals surface area (Å²) in [5, 5.41) is 25.2. The Kier molecular flexibility index (Phi) is 3.92. The molecule has 6 aromatic carbocycles. The molecule has 4 aliphatic rings. The highest BCUT2D eigenvalue weighted by Crippen LogP contribution is 2.65. The predicted octanol–water partition coefficient (Wildman–Crippen LogP) is 7.34. The van der Waals surface area contributed by atoms with Gasteiger partial charge in [-0.1, -0.05) is 78.9 Å². The summed E-state index contributed by atoms with van der Waals surface area (Å²) in [4.78, 5) is 2.28. The average molecular weight is 516 g/mol. The lowest BCUT2D eigenvalue weighted by Gasteiger charge is -2.52. The first-order valence-electron chi connectivity index (χ1n) is 14.7. The molecule has 0 spiro atoms. The molecule has 0 heterocycles. The molecule has 0 fully saturated rings. The summed E-state index contributed by atoms with van der Waals surface area (Å²) in [6.45, 7) is 1.92. The molecular formula is C38H29NO. The maximum atomic E-state index is 9.56. The second kappa shape index (κ2) is 7.20. The number of aliphatic hydroxyl groups is 1. The highest BCUT2D eigenvalue weighted by molar-refractivity contribution is 6.38. The first-order valence-corrected chi connectivity index (χ1v) is 14.7. The zero-order chi connectivity index (χ0) is 26.3. The Hall–Kier alpha value is -3.98. The molecule has 6 aromatic rings. The maximum Gasteiger partial charge on any atom is 0.0558 e. The van der Waals surface area contributed by atoms with Crippen molar-refractivity contribution in [2.75, 3.05) is 26.7 Å². The third-order valence-corrected chi connectivity index (χ3v) is 10.7. The topological polar surface area (TPSA) is 23.5 Å². The molecule has 1 N–H and O–H groups in total. The van der Waals surface area contributed by atoms with E-state index in [9.17, 15) is 5.11 Å². The smallest absolute Gasteiger partial charge is 0.0558 e. The lowest BCUT2D eigenvalue weighted by atomic mass is 9.50. The van der Waals surface area contributed by atoms with Gasteiger partial charge in [0.25, 0.3) is 0 Å². The van der Waals surface area contributed by atoms with Crippen molar-refractivity contribution in [2.24, 2.45) is 0 Å². The van der Waals surface area contributed by atoms with Crippen LogP contribution in [-0.4, -0.2) is 36.8 Å². The van der Waals surface area contributed by atoms with Crippen molar-refractivity contribution in [3.05, 3.63) is 106 Å². The number of allylic oxidation sites excluding steroid dienone is 5. The van der Waals surface area contributed by atoms with Crippen LogP contribution in [0.4, 0.5) is 0 Å². The van der Waals surface area contributed by atoms with Gasteiger partial charge < -0.3 is 10.0 Å². The van der Waals surface area contributed by atoms with Gasteiger partial charge in [0.05, 0.1) is 6.61 Å². The Morgan fingerprint density at radius 1 is 0.750 bits per heavy atom. The zero-order valence-corrected chi connectivity index (χ0v) is 22.6. The second-order valence-electron chi connectivity index (χ2n) is 12.5. The van der Waals surface area contributed by atoms with Crippen molar-refractivity contribution in [1.29, 1.82) is 0 Å². The summed E-state index contributed by atoms with van der Waals surface area (Å²) in [6, 6.07) is 21.2. The summed E-state index contributed by atoms with van der Waals surface area (Å²) in [5.74, 6) is 0.323. The fourth-order valence-electron chi connectivity index (χ4n) is 9.26. The van der Waals surface area contributed by atoms with Crippen molar-refractivity contribution < 1.29 is 5.11 Å². The molecule has 0 amide bonds. The van der Waals surface area contributed by atoms with Crippen LogP contribution in [0, 0.1) is 0 Å². The van der Waals surface area contributed by atoms with Gasteiger partial charge in [0.2, 0.25) is 0 Å². The SMILES string of the molecule is CN(CCO)CCCC12C3=CC=C4C=Cc5ccc6cc7ccc8ccc9ccc(c%10c1c(c6c5C42)c7c8c9%10)=C3. The number of hydrogen-bond donors (Lipinski definition) is 1. The Morgan fingerprint density at radius 2 is 1.48 bits per heavy atom. The number of aliphatic hydroxyl groups excluding tert-OH is 1. The lowest BCUT2D eigenvalue weighted by Crippen LogP contribution is -2.44. The minimum atomic E-state index is -0.101. The van der Waals surface area contributed by atoms with E-state index in [1.807, 2.05) is 0 Å². The molecule has 0 aliphatic heterocycles. The van der Waals surface area contributed by atoms with E-state index < -0.39 is 0 Å². The van der Waals surface area contributed by atoms with Crippen molar-refractivity contribution in [1.82, 2.24) is 4.90 Å². The van der Waals surface area contributed by atoms with Gasteiger partial charge in [-0.3, -0.25) is 0 Å². The van der Waals surface area contributed by atoms with Crippen LogP contribution in [0.5, 0.6) is 0 Å². The molecule has 2 nitrogen and oxygen atoms in total. The van der Waals surface area contributed by atoms with Gasteiger partial charge in [0.1, 0.15) is 0 Å². The van der Waals surface area contributed by atoms with Crippen molar-refractivity contribution in [3.63, 3.8) is 0 Å². The van der Waals surface area contributed by atoms with E-state index in [1.165, 1.54) is 75.8 Å². The van der Waals surface area contributed by atoms with Crippen LogP contribution in [0.1, 0.15) is 35.4 Å². The molecule has 0 bridgehead atoms. The maximum absolute atomic E-state index is 9.56. The average Bonchev–Trinajstić information content (AvgIpc) is 2.98. The monoisotopic (exact) mass is 515 g/mol. The van der Waals surface area contributed by atoms with Crippen molar-refractivity contribution in [2.45, 2.75) is 24.2 Å². The van der Waals surface area contributed by atoms with Crippen LogP contribution in [0.2, 0.25) is 0 Å². The van der Waals surface area contributed by atoms with Crippen LogP contribution in [0.25, 0.3) is 66.0 Å². The molecule has 0 saturated heterocycles. The van der Waals surface area contributed by atoms with E-state index in [-0.39, 0.29) is 12.0 Å². The van der Waals surface area contributed by atoms with E-state index in [1.54, 1.807) is 11.1 Å². The summed E-state index contributed by atoms with van der Waals surface area (Å²) < 4.78 is 0. The van der Waals surface area contributed by atoms with Crippen LogP contribution in [0.15, 0.2) is 84.0 Å². The normalized spacial score (nSPS) is 21.7. The number of rotatable bonds is 6. The van der Waals surface area contributed by atoms with E-state index in [0.717, 1.165) is 25.9 Å². The molecule has 2 heteroatoms. The first-order chi connectivity index (χ1) is 19.7. The van der Waals surface area contributed by atoms with E-state index in [4.69, 9.17) is 0 Å². The second-order valence-corrected chi connectivity index (χ2v) is 12.5. The molecule has 0 aromatic heterocycles. The molecule has 0 saturated carbocycles. The fourth-order valence-corrected chi connectivity index (χ4v) is 9.26. The van der Waals surface area contributed by atoms with Crippen LogP contribution in [-0.2, 0) is 5.41 Å². The summed E-state index contributed by atoms with van der Waals surface area (Å²) >= 11 is 0. The van der Waals surface area contributed by atoms with Gasteiger partial charge in [-0.25, -0.2) is 0 Å². The Bertz CT molecular complexity index is 2280. The van der Waals surface area contributed by atoms with Crippen molar-refractivity contribution >= 4 is 66.0 Å². The molecule has 40 heavy (non-hydrogen) atoms. The minimum Gasteiger partial charge on any atom is -0.395 e. The van der Waals surface area contributed by atoms with Crippen LogP contribution < -0.4 is 5.22 Å². The van der Waals surface area contributed by atoms with Crippen molar-refractivity contribution in [3.8, 4) is 0 Å². The minimum absolute atomic E-state index is 0.101. The standard InChI is InChI=1S/C38H29NO/c1-39(17-18-40)16-2-15-38-28-14-13-24-9-5-23-8-11-26-19-25-10-6-21-3-4-22-7-12-27(20-28)34-30(22)29(21)31(25)35(37(34)38)32(26)33(23)36(24)38/h3-14,19-20,36,40H,2,15-18H2,1H3. The van der Waals surface area contributed by atoms with Gasteiger partial charge in [-0.2, -0.15) is 0 Å². The number of likely N-dealkylation sites (N-methyl/N-ethyl adjacent to an activating group) is 1. The molecule has 10 rings (SSSR count). The molecule has 2 unspecified atom stereocenters. The highest BCUT2D eigenvalue weighted by atomic mass is 16.3. The van der Waals surface area contributed by atoms with Gasteiger partial charge in [0.15, 0.2) is 0 Å². The predicted molar refractivity (Wildman–Crippen MR) is 168 cm³/mol. The first kappa shape index (κ1) is 21.8. The highest BCUT2D eigenvalue weighted by Gasteiger charge is 2.53. The van der Waals surface area contributed by atoms with E-state index >= 15 is 0 Å². The third kappa shape index (κ3) is 2.34. The van der Waals surface area contributed by atoms with E-state index in [0.29, 0.717) is 5.92 Å². The quantitative estimate of drug-likeness (QED) is 0.185. The Balaban J connectivity index is 1.46. The largest absolute Gasteiger partial charge is 0.395 e. The number of hydrogen-bond acceptors (Lipinski definition) is 2. The number of benzene rings is 6. The molecular weight excluding hydrogens is 486 g/mol. The van der Waals surface area contributed by atoms with Gasteiger partial charge in [-0.15, -0.1) is 0 Å². The van der Waals surface area contributed by atoms with Gasteiger partial charge >= 0.3 is 0 Å². The Labute approximate surface area is 232 Å². The fraction of sp³-hybridized carbons (Fsp3) is 0.211. The summed E-state index contributed by atoms with van der Waals surface area (Å²) in [6.07, 6.45) is 14.3. The zero-order valence-electron chi connectivity index (χ0n) is 22.6. The molecule has 4 aliphatic carbocycles. The third-order valence-electron chi connectivity index (χ3n) is 10.7. The van der Waals surface area contributed by atoms with Gasteiger partial charge in [-0.05, 0) is 119 Å². The van der Waals surface area contributed by atoms with E-state index in [2.05, 4.69) is 96.9 Å². The lowest BCUT2D eigenvalue weighted by molar-refractivity contribution is 0.215. The number of nitrogens with zero attached hydrogens (tertiary/aromatic N) is 1. The van der Waals surface area contributed by atoms with Crippen LogP contribution >= 0.6 is 0 Å². The van der Waals surface area contributed by atoms with Crippen LogP contribution in [0.3, 0.4) is 0 Å². The molecule has 0 radical (unpaired) electrons. The van der Waals surface area contributed by atoms with Gasteiger partial charge in [0, 0.05) is 17.9 Å². The summed E-state index contributed by atoms with van der Waals surface area (Å²) in [7, 11) is 2.14. The summed E-state index contributed by atoms with van der Waals surface area (Å²) in [5.41, 5.74) is 7.34. The molecule has 2 atom stereocenters.